The largest absolute Gasteiger partial charge is 0.481 e. The highest BCUT2D eigenvalue weighted by molar-refractivity contribution is 9.10. The van der Waals surface area contributed by atoms with E-state index in [4.69, 9.17) is 14.8 Å². The lowest BCUT2D eigenvalue weighted by Crippen LogP contribution is -2.41. The van der Waals surface area contributed by atoms with E-state index in [1.165, 1.54) is 34.4 Å². The van der Waals surface area contributed by atoms with Gasteiger partial charge in [0, 0.05) is 47.2 Å². The fourth-order valence-corrected chi connectivity index (χ4v) is 5.65. The molecule has 8 nitrogen and oxygen atoms in total. The Morgan fingerprint density at radius 3 is 2.81 bits per heavy atom. The van der Waals surface area contributed by atoms with Crippen LogP contribution in [0.4, 0.5) is 13.2 Å². The maximum atomic E-state index is 14.4. The molecule has 2 N–H and O–H groups in total. The average Bonchev–Trinajstić information content (AvgIpc) is 3.45. The molecule has 13 heteroatoms. The van der Waals surface area contributed by atoms with E-state index < -0.39 is 48.7 Å². The smallest absolute Gasteiger partial charge is 0.338 e. The Balaban J connectivity index is 1.80. The van der Waals surface area contributed by atoms with Crippen molar-refractivity contribution in [1.29, 1.82) is 0 Å². The number of hydrogen-bond donors (Lipinski definition) is 2. The van der Waals surface area contributed by atoms with E-state index in [1.54, 1.807) is 18.5 Å². The summed E-state index contributed by atoms with van der Waals surface area (Å²) in [4.78, 5) is 34.8. The standard InChI is InChI=1S/C24H24BrF3N4O4S/c1-2-36-23(35)19-17(11-32-12-24(27,28)10-14(32)4-6-18(33)34)30-21(22-29-7-8-37-22)31-20(19)15-5-3-13(26)9-16(15)25/h3,5,7-9,14,20H,2,4,6,10-12H2,1H3,(H,30,31)(H,33,34)/t14-,20-/m0/s1. The third-order valence-electron chi connectivity index (χ3n) is 6.05. The molecule has 0 unspecified atom stereocenters. The Morgan fingerprint density at radius 2 is 2.16 bits per heavy atom. The third-order valence-corrected chi connectivity index (χ3v) is 7.52. The van der Waals surface area contributed by atoms with Crippen LogP contribution in [0, 0.1) is 5.82 Å². The van der Waals surface area contributed by atoms with Gasteiger partial charge in [-0.1, -0.05) is 22.0 Å². The van der Waals surface area contributed by atoms with Gasteiger partial charge in [0.2, 0.25) is 0 Å². The molecule has 0 amide bonds. The van der Waals surface area contributed by atoms with Gasteiger partial charge in [0.25, 0.3) is 5.92 Å². The van der Waals surface area contributed by atoms with E-state index in [0.29, 0.717) is 20.9 Å². The van der Waals surface area contributed by atoms with Crippen molar-refractivity contribution in [2.24, 2.45) is 4.99 Å². The van der Waals surface area contributed by atoms with E-state index in [0.717, 1.165) is 0 Å². The summed E-state index contributed by atoms with van der Waals surface area (Å²) in [6.07, 6.45) is 0.877. The Kier molecular flexibility index (Phi) is 8.34. The number of aliphatic imine (C=N–C) groups is 1. The molecule has 2 aliphatic rings. The molecule has 4 rings (SSSR count). The van der Waals surface area contributed by atoms with Gasteiger partial charge in [-0.2, -0.15) is 0 Å². The second-order valence-electron chi connectivity index (χ2n) is 8.67. The van der Waals surface area contributed by atoms with Gasteiger partial charge in [-0.15, -0.1) is 11.3 Å². The van der Waals surface area contributed by atoms with E-state index in [1.807, 2.05) is 0 Å². The van der Waals surface area contributed by atoms with Crippen LogP contribution >= 0.6 is 27.3 Å². The number of amidine groups is 1. The summed E-state index contributed by atoms with van der Waals surface area (Å²) in [6, 6.07) is 2.34. The van der Waals surface area contributed by atoms with Gasteiger partial charge in [0.15, 0.2) is 10.8 Å². The summed E-state index contributed by atoms with van der Waals surface area (Å²) < 4.78 is 48.4. The number of rotatable bonds is 9. The van der Waals surface area contributed by atoms with Crippen LogP contribution in [0.5, 0.6) is 0 Å². The Bertz CT molecular complexity index is 1240. The quantitative estimate of drug-likeness (QED) is 0.408. The molecule has 1 aromatic heterocycles. The van der Waals surface area contributed by atoms with Crippen molar-refractivity contribution >= 4 is 45.0 Å². The molecule has 0 spiro atoms. The Labute approximate surface area is 223 Å². The van der Waals surface area contributed by atoms with Crippen LogP contribution in [0.25, 0.3) is 0 Å². The minimum Gasteiger partial charge on any atom is -0.481 e. The maximum Gasteiger partial charge on any atom is 0.338 e. The minimum atomic E-state index is -3.01. The SMILES string of the molecule is CCOC(=O)C1=C(CN2CC(F)(F)C[C@@H]2CCC(=O)O)NC(c2nccs2)=N[C@H]1c1ccc(F)cc1Br. The summed E-state index contributed by atoms with van der Waals surface area (Å²) in [5.74, 6) is -4.94. The first-order valence-electron chi connectivity index (χ1n) is 11.5. The number of esters is 1. The average molecular weight is 601 g/mol. The van der Waals surface area contributed by atoms with Gasteiger partial charge in [-0.25, -0.2) is 22.9 Å². The van der Waals surface area contributed by atoms with Crippen LogP contribution in [-0.2, 0) is 14.3 Å². The molecular formula is C24H24BrF3N4O4S. The monoisotopic (exact) mass is 600 g/mol. The lowest BCUT2D eigenvalue weighted by atomic mass is 9.95. The van der Waals surface area contributed by atoms with E-state index in [-0.39, 0.29) is 37.3 Å². The number of carbonyl (C=O) groups is 2. The van der Waals surface area contributed by atoms with Crippen LogP contribution in [0.3, 0.4) is 0 Å². The second kappa shape index (κ2) is 11.3. The van der Waals surface area contributed by atoms with Gasteiger partial charge in [0.1, 0.15) is 11.9 Å². The normalized spacial score (nSPS) is 21.5. The zero-order valence-electron chi connectivity index (χ0n) is 19.7. The molecule has 0 aliphatic carbocycles. The van der Waals surface area contributed by atoms with Crippen LogP contribution in [-0.4, -0.2) is 64.4 Å². The fraction of sp³-hybridized carbons (Fsp3) is 0.417. The zero-order chi connectivity index (χ0) is 26.7. The highest BCUT2D eigenvalue weighted by atomic mass is 79.9. The summed E-state index contributed by atoms with van der Waals surface area (Å²) >= 11 is 4.65. The number of carboxylic acids is 1. The third kappa shape index (κ3) is 6.39. The van der Waals surface area contributed by atoms with Crippen LogP contribution in [0.1, 0.15) is 42.8 Å². The molecule has 37 heavy (non-hydrogen) atoms. The molecule has 0 radical (unpaired) electrons. The molecule has 2 atom stereocenters. The first kappa shape index (κ1) is 27.3. The first-order valence-corrected chi connectivity index (χ1v) is 13.2. The van der Waals surface area contributed by atoms with Gasteiger partial charge < -0.3 is 15.2 Å². The summed E-state index contributed by atoms with van der Waals surface area (Å²) in [5.41, 5.74) is 0.867. The predicted molar refractivity (Wildman–Crippen MR) is 134 cm³/mol. The molecule has 1 aromatic carbocycles. The highest BCUT2D eigenvalue weighted by Crippen LogP contribution is 2.39. The van der Waals surface area contributed by atoms with E-state index >= 15 is 0 Å². The number of thiazole rings is 1. The topological polar surface area (TPSA) is 104 Å². The molecule has 2 aromatic rings. The molecular weight excluding hydrogens is 577 g/mol. The summed E-state index contributed by atoms with van der Waals surface area (Å²) in [6.45, 7) is 1.02. The van der Waals surface area contributed by atoms with Crippen molar-refractivity contribution < 1.29 is 32.6 Å². The van der Waals surface area contributed by atoms with Crippen molar-refractivity contribution in [1.82, 2.24) is 15.2 Å². The zero-order valence-corrected chi connectivity index (χ0v) is 22.1. The van der Waals surface area contributed by atoms with Crippen molar-refractivity contribution in [3.8, 4) is 0 Å². The fourth-order valence-electron chi connectivity index (χ4n) is 4.49. The minimum absolute atomic E-state index is 0.0350. The molecule has 0 saturated carbocycles. The number of carbonyl (C=O) groups excluding carboxylic acids is 1. The molecule has 198 valence electrons. The van der Waals surface area contributed by atoms with Crippen molar-refractivity contribution in [2.45, 2.75) is 44.2 Å². The van der Waals surface area contributed by atoms with Crippen LogP contribution in [0.2, 0.25) is 0 Å². The number of ether oxygens (including phenoxy) is 1. The second-order valence-corrected chi connectivity index (χ2v) is 10.4. The maximum absolute atomic E-state index is 14.4. The first-order chi connectivity index (χ1) is 17.6. The number of likely N-dealkylation sites (tertiary alicyclic amines) is 1. The Hall–Kier alpha value is -2.77. The van der Waals surface area contributed by atoms with Gasteiger partial charge in [-0.05, 0) is 31.0 Å². The number of halogens is 4. The predicted octanol–water partition coefficient (Wildman–Crippen LogP) is 4.53. The van der Waals surface area contributed by atoms with Crippen molar-refractivity contribution in [3.63, 3.8) is 0 Å². The van der Waals surface area contributed by atoms with Crippen LogP contribution in [0.15, 0.2) is 50.5 Å². The van der Waals surface area contributed by atoms with Gasteiger partial charge in [-0.3, -0.25) is 14.7 Å². The number of alkyl halides is 2. The lowest BCUT2D eigenvalue weighted by Gasteiger charge is -2.31. The van der Waals surface area contributed by atoms with Gasteiger partial charge >= 0.3 is 11.9 Å². The molecule has 0 bridgehead atoms. The molecule has 2 aliphatic heterocycles. The van der Waals surface area contributed by atoms with Crippen LogP contribution < -0.4 is 5.32 Å². The number of hydrogen-bond acceptors (Lipinski definition) is 8. The number of benzene rings is 1. The molecule has 1 saturated heterocycles. The highest BCUT2D eigenvalue weighted by Gasteiger charge is 2.46. The molecule has 1 fully saturated rings. The Morgan fingerprint density at radius 1 is 1.38 bits per heavy atom. The van der Waals surface area contributed by atoms with E-state index in [9.17, 15) is 22.8 Å². The number of carboxylic acid groups (broad SMARTS) is 1. The summed E-state index contributed by atoms with van der Waals surface area (Å²) in [5, 5.41) is 14.4. The van der Waals surface area contributed by atoms with Crippen molar-refractivity contribution in [2.75, 3.05) is 19.7 Å². The van der Waals surface area contributed by atoms with Crippen molar-refractivity contribution in [3.05, 3.63) is 61.9 Å². The number of aromatic nitrogens is 1. The summed E-state index contributed by atoms with van der Waals surface area (Å²) in [7, 11) is 0. The number of nitrogens with one attached hydrogen (secondary N) is 1. The number of nitrogens with zero attached hydrogens (tertiary/aromatic N) is 3. The molecule has 3 heterocycles. The number of aliphatic carboxylic acids is 1. The van der Waals surface area contributed by atoms with Gasteiger partial charge in [0.05, 0.1) is 18.7 Å². The van der Waals surface area contributed by atoms with E-state index in [2.05, 4.69) is 26.2 Å². The lowest BCUT2D eigenvalue weighted by molar-refractivity contribution is -0.139.